The lowest BCUT2D eigenvalue weighted by molar-refractivity contribution is 0.370. The zero-order chi connectivity index (χ0) is 14.0. The summed E-state index contributed by atoms with van der Waals surface area (Å²) in [5.41, 5.74) is 1.24. The highest BCUT2D eigenvalue weighted by atomic mass is 79.9. The Labute approximate surface area is 123 Å². The summed E-state index contributed by atoms with van der Waals surface area (Å²) in [5.74, 6) is 2.24. The molecule has 0 spiro atoms. The first-order valence-electron chi connectivity index (χ1n) is 6.50. The van der Waals surface area contributed by atoms with Gasteiger partial charge in [-0.3, -0.25) is 0 Å². The summed E-state index contributed by atoms with van der Waals surface area (Å²) >= 11 is 3.50. The summed E-state index contributed by atoms with van der Waals surface area (Å²) < 4.78 is 2.24. The SMILES string of the molecule is CC(c1ccccc1)c1nnc(CBr)n1C(C)(C)C. The molecule has 19 heavy (non-hydrogen) atoms. The Morgan fingerprint density at radius 1 is 1.16 bits per heavy atom. The van der Waals surface area contributed by atoms with Gasteiger partial charge in [0.25, 0.3) is 0 Å². The van der Waals surface area contributed by atoms with Gasteiger partial charge in [0.1, 0.15) is 11.6 Å². The molecule has 0 aliphatic heterocycles. The lowest BCUT2D eigenvalue weighted by Crippen LogP contribution is -2.27. The number of nitrogens with zero attached hydrogens (tertiary/aromatic N) is 3. The van der Waals surface area contributed by atoms with Crippen molar-refractivity contribution in [3.05, 3.63) is 47.5 Å². The highest BCUT2D eigenvalue weighted by molar-refractivity contribution is 9.08. The molecule has 0 saturated carbocycles. The van der Waals surface area contributed by atoms with E-state index < -0.39 is 0 Å². The fourth-order valence-electron chi connectivity index (χ4n) is 2.32. The fraction of sp³-hybridized carbons (Fsp3) is 0.467. The molecule has 0 fully saturated rings. The van der Waals surface area contributed by atoms with Gasteiger partial charge in [0.05, 0.1) is 5.33 Å². The molecule has 1 unspecified atom stereocenters. The molecule has 1 heterocycles. The van der Waals surface area contributed by atoms with Crippen LogP contribution in [0, 0.1) is 0 Å². The molecule has 4 heteroatoms. The molecule has 1 aromatic heterocycles. The van der Waals surface area contributed by atoms with Crippen molar-refractivity contribution in [2.75, 3.05) is 0 Å². The van der Waals surface area contributed by atoms with E-state index in [1.807, 2.05) is 6.07 Å². The Hall–Kier alpha value is -1.16. The van der Waals surface area contributed by atoms with Crippen molar-refractivity contribution in [1.29, 1.82) is 0 Å². The number of hydrogen-bond acceptors (Lipinski definition) is 2. The van der Waals surface area contributed by atoms with E-state index in [1.54, 1.807) is 0 Å². The first-order valence-corrected chi connectivity index (χ1v) is 7.63. The van der Waals surface area contributed by atoms with Gasteiger partial charge in [-0.2, -0.15) is 0 Å². The third kappa shape index (κ3) is 2.89. The van der Waals surface area contributed by atoms with Crippen LogP contribution in [-0.2, 0) is 10.9 Å². The highest BCUT2D eigenvalue weighted by Gasteiger charge is 2.25. The molecule has 2 aromatic rings. The van der Waals surface area contributed by atoms with Crippen LogP contribution in [0.1, 0.15) is 50.8 Å². The minimum atomic E-state index is -0.0228. The molecule has 102 valence electrons. The van der Waals surface area contributed by atoms with Crippen LogP contribution in [0.2, 0.25) is 0 Å². The van der Waals surface area contributed by atoms with Gasteiger partial charge in [-0.1, -0.05) is 53.2 Å². The van der Waals surface area contributed by atoms with Crippen LogP contribution < -0.4 is 0 Å². The van der Waals surface area contributed by atoms with Gasteiger partial charge in [-0.15, -0.1) is 10.2 Å². The molecule has 1 atom stereocenters. The normalized spacial score (nSPS) is 13.5. The average Bonchev–Trinajstić information content (AvgIpc) is 2.82. The lowest BCUT2D eigenvalue weighted by Gasteiger charge is -2.26. The van der Waals surface area contributed by atoms with E-state index in [0.29, 0.717) is 0 Å². The second-order valence-electron chi connectivity index (χ2n) is 5.75. The van der Waals surface area contributed by atoms with Gasteiger partial charge in [0.15, 0.2) is 0 Å². The molecule has 0 aliphatic carbocycles. The van der Waals surface area contributed by atoms with Crippen LogP contribution in [0.5, 0.6) is 0 Å². The Balaban J connectivity index is 2.49. The van der Waals surface area contributed by atoms with Gasteiger partial charge >= 0.3 is 0 Å². The van der Waals surface area contributed by atoms with E-state index in [-0.39, 0.29) is 11.5 Å². The van der Waals surface area contributed by atoms with Crippen LogP contribution >= 0.6 is 15.9 Å². The Bertz CT molecular complexity index is 540. The minimum Gasteiger partial charge on any atom is -0.308 e. The van der Waals surface area contributed by atoms with E-state index in [4.69, 9.17) is 0 Å². The van der Waals surface area contributed by atoms with Crippen molar-refractivity contribution in [3.8, 4) is 0 Å². The number of halogens is 1. The zero-order valence-electron chi connectivity index (χ0n) is 11.9. The third-order valence-electron chi connectivity index (χ3n) is 3.23. The molecule has 0 amide bonds. The number of benzene rings is 1. The topological polar surface area (TPSA) is 30.7 Å². The molecule has 0 radical (unpaired) electrons. The summed E-state index contributed by atoms with van der Waals surface area (Å²) in [6.07, 6.45) is 0. The van der Waals surface area contributed by atoms with Gasteiger partial charge in [0, 0.05) is 11.5 Å². The molecule has 1 aromatic carbocycles. The van der Waals surface area contributed by atoms with Crippen LogP contribution in [0.25, 0.3) is 0 Å². The Morgan fingerprint density at radius 2 is 1.79 bits per heavy atom. The summed E-state index contributed by atoms with van der Waals surface area (Å²) in [7, 11) is 0. The first-order chi connectivity index (χ1) is 8.95. The van der Waals surface area contributed by atoms with E-state index >= 15 is 0 Å². The monoisotopic (exact) mass is 321 g/mol. The second-order valence-corrected chi connectivity index (χ2v) is 6.31. The Kier molecular flexibility index (Phi) is 4.09. The molecule has 0 bridgehead atoms. The molecular formula is C15H20BrN3. The van der Waals surface area contributed by atoms with Gasteiger partial charge in [0.2, 0.25) is 0 Å². The number of alkyl halides is 1. The summed E-state index contributed by atoms with van der Waals surface area (Å²) in [5, 5.41) is 9.45. The van der Waals surface area contributed by atoms with Gasteiger partial charge in [-0.25, -0.2) is 0 Å². The van der Waals surface area contributed by atoms with E-state index in [1.165, 1.54) is 5.56 Å². The Morgan fingerprint density at radius 3 is 2.32 bits per heavy atom. The van der Waals surface area contributed by atoms with E-state index in [9.17, 15) is 0 Å². The quantitative estimate of drug-likeness (QED) is 0.797. The van der Waals surface area contributed by atoms with Crippen LogP contribution in [0.4, 0.5) is 0 Å². The second kappa shape index (κ2) is 5.45. The van der Waals surface area contributed by atoms with E-state index in [2.05, 4.69) is 82.7 Å². The standard InChI is InChI=1S/C15H20BrN3/c1-11(12-8-6-5-7-9-12)14-18-17-13(10-16)19(14)15(2,3)4/h5-9,11H,10H2,1-4H3. The molecule has 0 aliphatic rings. The predicted octanol–water partition coefficient (Wildman–Crippen LogP) is 4.08. The van der Waals surface area contributed by atoms with Crippen molar-refractivity contribution in [2.45, 2.75) is 44.5 Å². The summed E-state index contributed by atoms with van der Waals surface area (Å²) in [4.78, 5) is 0. The number of hydrogen-bond donors (Lipinski definition) is 0. The maximum Gasteiger partial charge on any atom is 0.144 e. The maximum absolute atomic E-state index is 4.41. The smallest absolute Gasteiger partial charge is 0.144 e. The minimum absolute atomic E-state index is 0.0228. The number of aromatic nitrogens is 3. The average molecular weight is 322 g/mol. The van der Waals surface area contributed by atoms with Gasteiger partial charge < -0.3 is 4.57 Å². The molecule has 0 saturated heterocycles. The molecular weight excluding hydrogens is 302 g/mol. The number of rotatable bonds is 3. The van der Waals surface area contributed by atoms with Crippen molar-refractivity contribution >= 4 is 15.9 Å². The molecule has 0 N–H and O–H groups in total. The zero-order valence-corrected chi connectivity index (χ0v) is 13.5. The predicted molar refractivity (Wildman–Crippen MR) is 81.6 cm³/mol. The summed E-state index contributed by atoms with van der Waals surface area (Å²) in [6, 6.07) is 10.4. The largest absolute Gasteiger partial charge is 0.308 e. The lowest BCUT2D eigenvalue weighted by atomic mass is 9.98. The van der Waals surface area contributed by atoms with Crippen molar-refractivity contribution in [1.82, 2.24) is 14.8 Å². The molecule has 3 nitrogen and oxygen atoms in total. The van der Waals surface area contributed by atoms with Crippen molar-refractivity contribution in [2.24, 2.45) is 0 Å². The van der Waals surface area contributed by atoms with E-state index in [0.717, 1.165) is 17.0 Å². The first kappa shape index (κ1) is 14.3. The summed E-state index contributed by atoms with van der Waals surface area (Å²) in [6.45, 7) is 8.73. The van der Waals surface area contributed by atoms with Crippen LogP contribution in [0.15, 0.2) is 30.3 Å². The third-order valence-corrected chi connectivity index (χ3v) is 3.73. The van der Waals surface area contributed by atoms with Crippen molar-refractivity contribution < 1.29 is 0 Å². The maximum atomic E-state index is 4.41. The highest BCUT2D eigenvalue weighted by Crippen LogP contribution is 2.28. The fourth-order valence-corrected chi connectivity index (χ4v) is 2.68. The molecule has 2 rings (SSSR count). The van der Waals surface area contributed by atoms with Crippen LogP contribution in [0.3, 0.4) is 0 Å². The van der Waals surface area contributed by atoms with Crippen LogP contribution in [-0.4, -0.2) is 14.8 Å². The van der Waals surface area contributed by atoms with Gasteiger partial charge in [-0.05, 0) is 26.3 Å². The van der Waals surface area contributed by atoms with Crippen molar-refractivity contribution in [3.63, 3.8) is 0 Å².